The molecule has 0 aliphatic heterocycles. The molecule has 2 rings (SSSR count). The lowest BCUT2D eigenvalue weighted by molar-refractivity contribution is -0.385. The van der Waals surface area contributed by atoms with Crippen LogP contribution in [0.25, 0.3) is 0 Å². The molecule has 1 heterocycles. The first kappa shape index (κ1) is 14.4. The molecule has 0 radical (unpaired) electrons. The normalized spacial score (nSPS) is 10.0. The first-order valence-electron chi connectivity index (χ1n) is 6.21. The van der Waals surface area contributed by atoms with Crippen molar-refractivity contribution in [2.24, 2.45) is 0 Å². The Bertz CT molecular complexity index is 700. The second kappa shape index (κ2) is 6.00. The van der Waals surface area contributed by atoms with Crippen molar-refractivity contribution in [3.05, 3.63) is 57.8 Å². The number of carbonyl (C=O) groups excluding carboxylic acids is 1. The lowest BCUT2D eigenvalue weighted by Crippen LogP contribution is -2.15. The van der Waals surface area contributed by atoms with Crippen LogP contribution in [-0.2, 0) is 0 Å². The lowest BCUT2D eigenvalue weighted by Gasteiger charge is -2.07. The van der Waals surface area contributed by atoms with E-state index in [0.29, 0.717) is 11.5 Å². The number of rotatable bonds is 4. The number of hydrogen-bond acceptors (Lipinski definition) is 5. The molecular weight excluding hydrogens is 272 g/mol. The van der Waals surface area contributed by atoms with Gasteiger partial charge in [-0.05, 0) is 24.6 Å². The molecule has 108 valence electrons. The molecule has 0 saturated carbocycles. The molecule has 2 aromatic rings. The largest absolute Gasteiger partial charge is 0.373 e. The molecule has 0 spiro atoms. The molecule has 0 bridgehead atoms. The maximum Gasteiger partial charge on any atom is 0.300 e. The summed E-state index contributed by atoms with van der Waals surface area (Å²) in [5, 5.41) is 16.4. The van der Waals surface area contributed by atoms with Crippen LogP contribution in [-0.4, -0.2) is 22.9 Å². The Morgan fingerprint density at radius 1 is 1.33 bits per heavy atom. The minimum Gasteiger partial charge on any atom is -0.373 e. The number of amides is 1. The van der Waals surface area contributed by atoms with E-state index in [4.69, 9.17) is 0 Å². The van der Waals surface area contributed by atoms with Gasteiger partial charge in [-0.15, -0.1) is 0 Å². The summed E-state index contributed by atoms with van der Waals surface area (Å²) < 4.78 is 0. The summed E-state index contributed by atoms with van der Waals surface area (Å²) in [6.07, 6.45) is 1.07. The molecule has 21 heavy (non-hydrogen) atoms. The van der Waals surface area contributed by atoms with Gasteiger partial charge in [0.25, 0.3) is 11.6 Å². The van der Waals surface area contributed by atoms with Crippen molar-refractivity contribution < 1.29 is 9.72 Å². The second-order valence-electron chi connectivity index (χ2n) is 4.42. The molecule has 0 atom stereocenters. The number of nitro groups is 1. The van der Waals surface area contributed by atoms with Gasteiger partial charge in [0.2, 0.25) is 0 Å². The van der Waals surface area contributed by atoms with Gasteiger partial charge in [-0.1, -0.05) is 12.1 Å². The maximum absolute atomic E-state index is 12.2. The summed E-state index contributed by atoms with van der Waals surface area (Å²) in [6, 6.07) is 8.54. The minimum atomic E-state index is -0.627. The highest BCUT2D eigenvalue weighted by Gasteiger charge is 2.21. The van der Waals surface area contributed by atoms with Gasteiger partial charge < -0.3 is 10.6 Å². The van der Waals surface area contributed by atoms with E-state index >= 15 is 0 Å². The standard InChI is InChI=1S/C14H14N4O3/c1-9-4-3-5-10(6-9)17-14(19)11-7-13(15-2)16-8-12(11)18(20)21/h3-8H,1-2H3,(H,15,16)(H,17,19). The Labute approximate surface area is 121 Å². The molecule has 0 aliphatic rings. The van der Waals surface area contributed by atoms with Crippen molar-refractivity contribution in [1.82, 2.24) is 4.98 Å². The van der Waals surface area contributed by atoms with Crippen molar-refractivity contribution in [2.45, 2.75) is 6.92 Å². The average molecular weight is 286 g/mol. The summed E-state index contributed by atoms with van der Waals surface area (Å²) in [5.41, 5.74) is 1.19. The zero-order chi connectivity index (χ0) is 15.4. The molecule has 7 nitrogen and oxygen atoms in total. The first-order valence-corrected chi connectivity index (χ1v) is 6.21. The van der Waals surface area contributed by atoms with E-state index in [1.807, 2.05) is 13.0 Å². The van der Waals surface area contributed by atoms with Crippen molar-refractivity contribution in [1.29, 1.82) is 0 Å². The Morgan fingerprint density at radius 2 is 2.10 bits per heavy atom. The number of aryl methyl sites for hydroxylation is 1. The molecule has 7 heteroatoms. The third-order valence-electron chi connectivity index (χ3n) is 2.86. The van der Waals surface area contributed by atoms with Crippen LogP contribution < -0.4 is 10.6 Å². The molecule has 1 aromatic heterocycles. The summed E-state index contributed by atoms with van der Waals surface area (Å²) in [4.78, 5) is 26.5. The number of aromatic nitrogens is 1. The van der Waals surface area contributed by atoms with Crippen LogP contribution in [0.5, 0.6) is 0 Å². The monoisotopic (exact) mass is 286 g/mol. The highest BCUT2D eigenvalue weighted by molar-refractivity contribution is 6.07. The number of nitrogens with one attached hydrogen (secondary N) is 2. The zero-order valence-electron chi connectivity index (χ0n) is 11.6. The van der Waals surface area contributed by atoms with Crippen LogP contribution in [0.15, 0.2) is 36.5 Å². The Kier molecular flexibility index (Phi) is 4.13. The van der Waals surface area contributed by atoms with Crippen molar-refractivity contribution in [3.8, 4) is 0 Å². The van der Waals surface area contributed by atoms with Gasteiger partial charge in [0, 0.05) is 18.8 Å². The number of pyridine rings is 1. The van der Waals surface area contributed by atoms with Gasteiger partial charge in [-0.25, -0.2) is 4.98 Å². The number of carbonyl (C=O) groups is 1. The Balaban J connectivity index is 2.35. The first-order chi connectivity index (χ1) is 10.0. The topological polar surface area (TPSA) is 97.2 Å². The SMILES string of the molecule is CNc1cc(C(=O)Nc2cccc(C)c2)c([N+](=O)[O-])cn1. The van der Waals surface area contributed by atoms with Crippen LogP contribution in [0, 0.1) is 17.0 Å². The Hall–Kier alpha value is -2.96. The highest BCUT2D eigenvalue weighted by atomic mass is 16.6. The van der Waals surface area contributed by atoms with E-state index in [2.05, 4.69) is 15.6 Å². The van der Waals surface area contributed by atoms with E-state index in [0.717, 1.165) is 11.8 Å². The van der Waals surface area contributed by atoms with Crippen molar-refractivity contribution in [3.63, 3.8) is 0 Å². The number of anilines is 2. The van der Waals surface area contributed by atoms with Crippen molar-refractivity contribution >= 4 is 23.1 Å². The van der Waals surface area contributed by atoms with E-state index < -0.39 is 10.8 Å². The van der Waals surface area contributed by atoms with E-state index in [1.165, 1.54) is 6.07 Å². The average Bonchev–Trinajstić information content (AvgIpc) is 2.46. The van der Waals surface area contributed by atoms with Crippen LogP contribution in [0.4, 0.5) is 17.2 Å². The Morgan fingerprint density at radius 3 is 2.71 bits per heavy atom. The summed E-state index contributed by atoms with van der Waals surface area (Å²) >= 11 is 0. The van der Waals surface area contributed by atoms with Crippen LogP contribution in [0.1, 0.15) is 15.9 Å². The molecule has 2 N–H and O–H groups in total. The predicted molar refractivity (Wildman–Crippen MR) is 79.6 cm³/mol. The van der Waals surface area contributed by atoms with Crippen LogP contribution in [0.2, 0.25) is 0 Å². The highest BCUT2D eigenvalue weighted by Crippen LogP contribution is 2.21. The molecule has 0 fully saturated rings. The van der Waals surface area contributed by atoms with E-state index in [9.17, 15) is 14.9 Å². The molecule has 0 aliphatic carbocycles. The third kappa shape index (κ3) is 3.33. The number of benzene rings is 1. The van der Waals surface area contributed by atoms with Gasteiger partial charge in [0.15, 0.2) is 0 Å². The van der Waals surface area contributed by atoms with Gasteiger partial charge in [-0.2, -0.15) is 0 Å². The van der Waals surface area contributed by atoms with Crippen LogP contribution >= 0.6 is 0 Å². The lowest BCUT2D eigenvalue weighted by atomic mass is 10.2. The number of hydrogen-bond donors (Lipinski definition) is 2. The molecular formula is C14H14N4O3. The van der Waals surface area contributed by atoms with E-state index in [-0.39, 0.29) is 11.3 Å². The van der Waals surface area contributed by atoms with Gasteiger partial charge in [-0.3, -0.25) is 14.9 Å². The smallest absolute Gasteiger partial charge is 0.300 e. The molecule has 1 aromatic carbocycles. The predicted octanol–water partition coefficient (Wildman–Crippen LogP) is 2.59. The maximum atomic E-state index is 12.2. The molecule has 0 unspecified atom stereocenters. The minimum absolute atomic E-state index is 0.0409. The number of nitrogens with zero attached hydrogens (tertiary/aromatic N) is 2. The zero-order valence-corrected chi connectivity index (χ0v) is 11.6. The van der Waals surface area contributed by atoms with Gasteiger partial charge in [0.1, 0.15) is 17.6 Å². The van der Waals surface area contributed by atoms with Crippen LogP contribution in [0.3, 0.4) is 0 Å². The summed E-state index contributed by atoms with van der Waals surface area (Å²) in [5.74, 6) is -0.166. The summed E-state index contributed by atoms with van der Waals surface area (Å²) in [6.45, 7) is 1.89. The van der Waals surface area contributed by atoms with Gasteiger partial charge >= 0.3 is 0 Å². The second-order valence-corrected chi connectivity index (χ2v) is 4.42. The summed E-state index contributed by atoms with van der Waals surface area (Å²) in [7, 11) is 1.62. The fraction of sp³-hybridized carbons (Fsp3) is 0.143. The van der Waals surface area contributed by atoms with E-state index in [1.54, 1.807) is 25.2 Å². The molecule has 1 amide bonds. The van der Waals surface area contributed by atoms with Gasteiger partial charge in [0.05, 0.1) is 4.92 Å². The molecule has 0 saturated heterocycles. The fourth-order valence-electron chi connectivity index (χ4n) is 1.83. The van der Waals surface area contributed by atoms with Crippen molar-refractivity contribution in [2.75, 3.05) is 17.7 Å². The quantitative estimate of drug-likeness (QED) is 0.665. The fourth-order valence-corrected chi connectivity index (χ4v) is 1.83. The third-order valence-corrected chi connectivity index (χ3v) is 2.86.